The van der Waals surface area contributed by atoms with Gasteiger partial charge in [-0.3, -0.25) is 0 Å². The normalized spacial score (nSPS) is 15.9. The van der Waals surface area contributed by atoms with Gasteiger partial charge >= 0.3 is 0 Å². The molecule has 0 saturated carbocycles. The zero-order valence-electron chi connectivity index (χ0n) is 74.8. The minimum absolute atomic E-state index is 0.302. The van der Waals surface area contributed by atoms with E-state index in [9.17, 15) is 0 Å². The Morgan fingerprint density at radius 3 is 0.949 bits per heavy atom. The summed E-state index contributed by atoms with van der Waals surface area (Å²) in [6.45, 7) is 0. The number of hydrogen-bond donors (Lipinski definition) is 0. The largest absolute Gasteiger partial charge is 0.456 e. The number of furan rings is 1. The summed E-state index contributed by atoms with van der Waals surface area (Å²) in [5, 5.41) is 7.37. The van der Waals surface area contributed by atoms with Crippen molar-refractivity contribution in [1.82, 2.24) is 0 Å². The second-order valence-electron chi connectivity index (χ2n) is 37.9. The molecule has 3 unspecified atom stereocenters. The fourth-order valence-electron chi connectivity index (χ4n) is 27.0. The third-order valence-corrected chi connectivity index (χ3v) is 32.9. The van der Waals surface area contributed by atoms with Crippen LogP contribution >= 0.6 is 11.3 Å². The molecule has 2 heterocycles. The van der Waals surface area contributed by atoms with Gasteiger partial charge in [0.1, 0.15) is 11.2 Å². The zero-order valence-corrected chi connectivity index (χ0v) is 75.6. The fraction of sp³-hybridized carbons (Fsp3) is 0.0226. The molecule has 4 nitrogen and oxygen atoms in total. The fourth-order valence-corrected chi connectivity index (χ4v) is 28.1. The molecule has 638 valence electrons. The topological polar surface area (TPSA) is 22.9 Å². The van der Waals surface area contributed by atoms with Crippen LogP contribution in [-0.2, 0) is 16.2 Å². The molecule has 0 bridgehead atoms. The Labute approximate surface area is 802 Å². The Bertz CT molecular complexity index is 9070. The highest BCUT2D eigenvalue weighted by Crippen LogP contribution is 2.76. The van der Waals surface area contributed by atoms with Gasteiger partial charge in [-0.25, -0.2) is 0 Å². The average Bonchev–Trinajstić information content (AvgIpc) is 1.48. The Balaban J connectivity index is 0.0000000959. The van der Waals surface area contributed by atoms with E-state index in [4.69, 9.17) is 4.42 Å². The molecule has 0 aliphatic heterocycles. The maximum Gasteiger partial charge on any atom is 0.137 e. The summed E-state index contributed by atoms with van der Waals surface area (Å²) in [6, 6.07) is 177. The third kappa shape index (κ3) is 9.71. The lowest BCUT2D eigenvalue weighted by Gasteiger charge is -2.31. The lowest BCUT2D eigenvalue weighted by Crippen LogP contribution is -2.23. The predicted molar refractivity (Wildman–Crippen MR) is 572 cm³/mol. The van der Waals surface area contributed by atoms with Gasteiger partial charge in [-0.2, -0.15) is 0 Å². The molecule has 9 aliphatic carbocycles. The van der Waals surface area contributed by atoms with Crippen molar-refractivity contribution in [2.24, 2.45) is 0 Å². The van der Waals surface area contributed by atoms with Crippen LogP contribution in [-0.4, -0.2) is 0 Å². The number of fused-ring (bicyclic) bond motifs is 22. The van der Waals surface area contributed by atoms with Gasteiger partial charge < -0.3 is 19.1 Å². The van der Waals surface area contributed by atoms with Crippen LogP contribution in [0.3, 0.4) is 0 Å². The lowest BCUT2D eigenvalue weighted by atomic mass is 9.73. The first-order chi connectivity index (χ1) is 68.5. The van der Waals surface area contributed by atoms with E-state index in [-0.39, 0.29) is 16.2 Å². The van der Waals surface area contributed by atoms with E-state index in [2.05, 4.69) is 488 Å². The molecule has 0 saturated heterocycles. The Morgan fingerprint density at radius 2 is 0.478 bits per heavy atom. The minimum atomic E-state index is -0.323. The number of rotatable bonds is 10. The van der Waals surface area contributed by atoms with Gasteiger partial charge in [-0.05, 0) is 270 Å². The third-order valence-electron chi connectivity index (χ3n) is 31.7. The van der Waals surface area contributed by atoms with Crippen LogP contribution in [0.25, 0.3) is 164 Å². The van der Waals surface area contributed by atoms with Crippen molar-refractivity contribution < 1.29 is 4.42 Å². The van der Waals surface area contributed by atoms with Crippen LogP contribution in [0.1, 0.15) is 66.8 Å². The van der Waals surface area contributed by atoms with Crippen LogP contribution in [0.15, 0.2) is 484 Å². The number of benzene rings is 22. The number of thiophene rings is 1. The summed E-state index contributed by atoms with van der Waals surface area (Å²) in [5.74, 6) is 0. The standard InChI is InChI=1S/C47H29N.C43H25NO.C43H25NS/c1-2-15-33(16-3-1)48(42-25-9-7-17-34(42)32-28-27-30-13-4-5-14-31(30)29-32)43-26-12-24-41-44(43)39-22-11-21-38-37-20-10-19-36-35-18-6-8-23-40(35)47(41,45(36)37)46(38)39;2*1-2-12-26(13-3-1)44(36-23-11-25-38-40(36)31-15-5-7-24-37(31)45-38)35-22-10-21-34-39(35)32-19-9-18-30-29-17-8-16-28-27-14-4-6-20-33(27)43(34,41(28)29)42(30)32/h1-29H;2*1-25H. The highest BCUT2D eigenvalue weighted by molar-refractivity contribution is 7.26. The molecule has 138 heavy (non-hydrogen) atoms. The van der Waals surface area contributed by atoms with Gasteiger partial charge in [0, 0.05) is 64.9 Å². The molecule has 0 N–H and O–H groups in total. The quantitative estimate of drug-likeness (QED) is 0.136. The molecule has 22 aromatic carbocycles. The lowest BCUT2D eigenvalue weighted by molar-refractivity contribution is 0.669. The van der Waals surface area contributed by atoms with E-state index < -0.39 is 0 Å². The van der Waals surface area contributed by atoms with Crippen molar-refractivity contribution in [3.05, 3.63) is 546 Å². The summed E-state index contributed by atoms with van der Waals surface area (Å²) in [4.78, 5) is 7.47. The zero-order chi connectivity index (χ0) is 90.0. The summed E-state index contributed by atoms with van der Waals surface area (Å²) in [7, 11) is 0. The summed E-state index contributed by atoms with van der Waals surface area (Å²) >= 11 is 1.88. The number of para-hydroxylation sites is 5. The smallest absolute Gasteiger partial charge is 0.137 e. The molecule has 0 amide bonds. The maximum atomic E-state index is 6.40. The molecule has 3 spiro atoms. The van der Waals surface area contributed by atoms with E-state index in [0.29, 0.717) is 0 Å². The molecule has 3 atom stereocenters. The summed E-state index contributed by atoms with van der Waals surface area (Å²) in [6.07, 6.45) is 0. The van der Waals surface area contributed by atoms with Crippen LogP contribution in [0, 0.1) is 0 Å². The first-order valence-electron chi connectivity index (χ1n) is 48.0. The maximum absolute atomic E-state index is 6.40. The highest BCUT2D eigenvalue weighted by Gasteiger charge is 2.62. The van der Waals surface area contributed by atoms with E-state index in [1.165, 1.54) is 232 Å². The van der Waals surface area contributed by atoms with E-state index >= 15 is 0 Å². The van der Waals surface area contributed by atoms with Crippen LogP contribution < -0.4 is 14.7 Å². The van der Waals surface area contributed by atoms with Gasteiger partial charge in [-0.1, -0.05) is 376 Å². The van der Waals surface area contributed by atoms with Gasteiger partial charge in [0.25, 0.3) is 0 Å². The van der Waals surface area contributed by atoms with Crippen molar-refractivity contribution in [2.75, 3.05) is 14.7 Å². The molecule has 24 aromatic rings. The van der Waals surface area contributed by atoms with E-state index in [1.807, 2.05) is 17.4 Å². The molecule has 2 aromatic heterocycles. The molecular weight excluding hydrogens is 1690 g/mol. The van der Waals surface area contributed by atoms with Crippen molar-refractivity contribution in [3.63, 3.8) is 0 Å². The molecule has 33 rings (SSSR count). The first-order valence-corrected chi connectivity index (χ1v) is 48.8. The van der Waals surface area contributed by atoms with Crippen LogP contribution in [0.5, 0.6) is 0 Å². The second kappa shape index (κ2) is 28.3. The molecule has 5 heteroatoms. The van der Waals surface area contributed by atoms with Crippen LogP contribution in [0.2, 0.25) is 0 Å². The highest BCUT2D eigenvalue weighted by atomic mass is 32.1. The van der Waals surface area contributed by atoms with Gasteiger partial charge in [0.15, 0.2) is 0 Å². The van der Waals surface area contributed by atoms with Crippen molar-refractivity contribution in [2.45, 2.75) is 16.2 Å². The van der Waals surface area contributed by atoms with Gasteiger partial charge in [0.05, 0.1) is 55.8 Å². The van der Waals surface area contributed by atoms with E-state index in [1.54, 1.807) is 0 Å². The summed E-state index contributed by atoms with van der Waals surface area (Å²) < 4.78 is 9.03. The second-order valence-corrected chi connectivity index (χ2v) is 39.0. The number of anilines is 9. The summed E-state index contributed by atoms with van der Waals surface area (Å²) in [5.41, 5.74) is 55.2. The Hall–Kier alpha value is -17.5. The van der Waals surface area contributed by atoms with Gasteiger partial charge in [0.2, 0.25) is 0 Å². The van der Waals surface area contributed by atoms with Crippen molar-refractivity contribution in [1.29, 1.82) is 0 Å². The predicted octanol–water partition coefficient (Wildman–Crippen LogP) is 35.5. The van der Waals surface area contributed by atoms with Gasteiger partial charge in [-0.15, -0.1) is 11.3 Å². The molecular formula is C133H79N3OS. The number of hydrogen-bond acceptors (Lipinski definition) is 5. The average molecular weight is 1770 g/mol. The molecule has 0 fully saturated rings. The van der Waals surface area contributed by atoms with E-state index in [0.717, 1.165) is 50.4 Å². The first kappa shape index (κ1) is 76.0. The van der Waals surface area contributed by atoms with Crippen molar-refractivity contribution in [3.8, 4) is 111 Å². The number of nitrogens with zero attached hydrogens (tertiary/aromatic N) is 3. The molecule has 9 aliphatic rings. The monoisotopic (exact) mass is 1770 g/mol. The Morgan fingerprint density at radius 1 is 0.181 bits per heavy atom. The SMILES string of the molecule is c1ccc(N(c2cccc3c2-c2cccc4c2C32c3ccccc3-c3cccc-4c32)c2cccc3oc4ccccc4c23)cc1.c1ccc(N(c2cccc3c2-c2cccc4c2C32c3ccccc3-c3cccc-4c32)c2cccc3sc4ccccc4c23)cc1.c1ccc(N(c2ccccc2-c2ccc3ccccc3c2)c2cccc3c2-c2cccc4c2C32c3ccccc3-c3cccc-4c32)cc1. The minimum Gasteiger partial charge on any atom is -0.456 e. The molecule has 0 radical (unpaired) electrons. The van der Waals surface area contributed by atoms with Crippen molar-refractivity contribution >= 4 is 115 Å². The Kier molecular flexibility index (Phi) is 15.6. The van der Waals surface area contributed by atoms with Crippen LogP contribution in [0.4, 0.5) is 51.2 Å².